The molecule has 4 nitrogen and oxygen atoms in total. The predicted octanol–water partition coefficient (Wildman–Crippen LogP) is 15.3. The van der Waals surface area contributed by atoms with Crippen LogP contribution < -0.4 is 0 Å². The van der Waals surface area contributed by atoms with Crippen LogP contribution in [0.5, 0.6) is 0 Å². The standard InChI is InChI=1S/C54H29N3OS/c1-2-14-32-30(13-1)26-28-45-47(32)48-39-20-8-7-19-38(39)46-40-21-9-11-23-43(40)57(51(46)52(48)59-45)53-49(55-50-41-22-10-12-24-44(41)58-54(50)56-53)31-25-27-37-35-17-4-3-15-33(35)34-16-5-6-18-36(34)42(37)29-31/h1-29H. The molecule has 0 aliphatic carbocycles. The van der Waals surface area contributed by atoms with Crippen LogP contribution in [0.25, 0.3) is 135 Å². The first-order valence-corrected chi connectivity index (χ1v) is 20.8. The van der Waals surface area contributed by atoms with Crippen molar-refractivity contribution in [3.8, 4) is 17.1 Å². The van der Waals surface area contributed by atoms with Gasteiger partial charge >= 0.3 is 0 Å². The van der Waals surface area contributed by atoms with Gasteiger partial charge in [-0.3, -0.25) is 4.57 Å². The molecular formula is C54H29N3OS. The summed E-state index contributed by atoms with van der Waals surface area (Å²) in [4.78, 5) is 11.2. The van der Waals surface area contributed by atoms with Gasteiger partial charge in [0.2, 0.25) is 5.71 Å². The largest absolute Gasteiger partial charge is 0.436 e. The fourth-order valence-electron chi connectivity index (χ4n) is 10.1. The van der Waals surface area contributed by atoms with Crippen molar-refractivity contribution in [3.05, 3.63) is 176 Å². The van der Waals surface area contributed by atoms with Gasteiger partial charge in [-0.05, 0) is 84.2 Å². The molecule has 4 heterocycles. The maximum Gasteiger partial charge on any atom is 0.248 e. The van der Waals surface area contributed by atoms with Crippen molar-refractivity contribution in [2.45, 2.75) is 0 Å². The molecule has 0 aliphatic rings. The molecule has 0 saturated heterocycles. The average molecular weight is 768 g/mol. The Morgan fingerprint density at radius 2 is 1.03 bits per heavy atom. The lowest BCUT2D eigenvalue weighted by atomic mass is 9.93. The Bertz CT molecular complexity index is 4120. The molecule has 14 aromatic rings. The van der Waals surface area contributed by atoms with E-state index in [0.717, 1.165) is 44.6 Å². The number of aromatic nitrogens is 3. The first-order valence-electron chi connectivity index (χ1n) is 20.0. The van der Waals surface area contributed by atoms with Crippen LogP contribution in [-0.4, -0.2) is 14.5 Å². The maximum atomic E-state index is 6.55. The molecule has 0 spiro atoms. The van der Waals surface area contributed by atoms with E-state index in [9.17, 15) is 0 Å². The number of benzene rings is 10. The van der Waals surface area contributed by atoms with Gasteiger partial charge in [0.15, 0.2) is 5.82 Å². The second kappa shape index (κ2) is 11.5. The van der Waals surface area contributed by atoms with Gasteiger partial charge in [-0.1, -0.05) is 146 Å². The number of rotatable bonds is 2. The van der Waals surface area contributed by atoms with E-state index in [0.29, 0.717) is 5.71 Å². The van der Waals surface area contributed by atoms with Crippen LogP contribution in [0.2, 0.25) is 0 Å². The molecule has 0 radical (unpaired) electrons. The number of thiophene rings is 1. The maximum absolute atomic E-state index is 6.55. The zero-order valence-electron chi connectivity index (χ0n) is 31.4. The molecule has 0 saturated carbocycles. The van der Waals surface area contributed by atoms with Crippen molar-refractivity contribution >= 4 is 129 Å². The van der Waals surface area contributed by atoms with Crippen LogP contribution in [0.1, 0.15) is 0 Å². The van der Waals surface area contributed by atoms with Crippen molar-refractivity contribution in [2.75, 3.05) is 0 Å². The zero-order chi connectivity index (χ0) is 38.3. The van der Waals surface area contributed by atoms with Gasteiger partial charge in [0.05, 0.1) is 15.7 Å². The molecule has 0 amide bonds. The summed E-state index contributed by atoms with van der Waals surface area (Å²) in [6.45, 7) is 0. The molecule has 0 bridgehead atoms. The second-order valence-electron chi connectivity index (χ2n) is 15.6. The van der Waals surface area contributed by atoms with Crippen LogP contribution in [0.4, 0.5) is 0 Å². The van der Waals surface area contributed by atoms with Crippen molar-refractivity contribution in [2.24, 2.45) is 0 Å². The number of hydrogen-bond acceptors (Lipinski definition) is 4. The molecule has 59 heavy (non-hydrogen) atoms. The third-order valence-corrected chi connectivity index (χ3v) is 13.7. The Morgan fingerprint density at radius 3 is 1.80 bits per heavy atom. The summed E-state index contributed by atoms with van der Waals surface area (Å²) >= 11 is 1.87. The molecule has 0 atom stereocenters. The molecule has 0 unspecified atom stereocenters. The van der Waals surface area contributed by atoms with E-state index in [4.69, 9.17) is 14.4 Å². The molecule has 10 aromatic carbocycles. The number of nitrogens with zero attached hydrogens (tertiary/aromatic N) is 3. The summed E-state index contributed by atoms with van der Waals surface area (Å²) in [6, 6.07) is 63.5. The highest BCUT2D eigenvalue weighted by Crippen LogP contribution is 2.50. The highest BCUT2D eigenvalue weighted by Gasteiger charge is 2.26. The lowest BCUT2D eigenvalue weighted by Gasteiger charge is -2.15. The van der Waals surface area contributed by atoms with E-state index in [-0.39, 0.29) is 0 Å². The summed E-state index contributed by atoms with van der Waals surface area (Å²) in [5.74, 6) is 0.742. The normalized spacial score (nSPS) is 12.4. The van der Waals surface area contributed by atoms with E-state index in [1.54, 1.807) is 0 Å². The van der Waals surface area contributed by atoms with Crippen LogP contribution in [0.15, 0.2) is 180 Å². The molecule has 0 aliphatic heterocycles. The molecule has 4 aromatic heterocycles. The Hall–Kier alpha value is -7.60. The van der Waals surface area contributed by atoms with E-state index in [1.165, 1.54) is 84.8 Å². The first kappa shape index (κ1) is 31.5. The minimum atomic E-state index is 0.521. The molecule has 14 rings (SSSR count). The SMILES string of the molecule is c1ccc2c(c1)ccc1sc3c(c4ccccc4c4c5ccccc5n(-c5nc6oc7ccccc7c6nc5-c5ccc6c7ccccc7c7ccccc7c6c5)c34)c12. The summed E-state index contributed by atoms with van der Waals surface area (Å²) < 4.78 is 11.4. The van der Waals surface area contributed by atoms with E-state index in [1.807, 2.05) is 29.5 Å². The van der Waals surface area contributed by atoms with Gasteiger partial charge in [0.25, 0.3) is 0 Å². The van der Waals surface area contributed by atoms with E-state index < -0.39 is 0 Å². The number of para-hydroxylation sites is 2. The lowest BCUT2D eigenvalue weighted by molar-refractivity contribution is 0.652. The van der Waals surface area contributed by atoms with Crippen LogP contribution in [0, 0.1) is 0 Å². The third kappa shape index (κ3) is 4.16. The average Bonchev–Trinajstić information content (AvgIpc) is 3.99. The fraction of sp³-hybridized carbons (Fsp3) is 0. The summed E-state index contributed by atoms with van der Waals surface area (Å²) in [5, 5.41) is 18.3. The van der Waals surface area contributed by atoms with E-state index in [2.05, 4.69) is 162 Å². The molecule has 5 heteroatoms. The van der Waals surface area contributed by atoms with E-state index >= 15 is 0 Å². The smallest absolute Gasteiger partial charge is 0.248 e. The Kier molecular flexibility index (Phi) is 6.14. The second-order valence-corrected chi connectivity index (χ2v) is 16.6. The van der Waals surface area contributed by atoms with Gasteiger partial charge in [0, 0.05) is 37.2 Å². The third-order valence-electron chi connectivity index (χ3n) is 12.6. The molecular weight excluding hydrogens is 739 g/mol. The highest BCUT2D eigenvalue weighted by atomic mass is 32.1. The van der Waals surface area contributed by atoms with Crippen LogP contribution in [-0.2, 0) is 0 Å². The summed E-state index contributed by atoms with van der Waals surface area (Å²) in [5.41, 5.74) is 6.06. The molecule has 0 fully saturated rings. The van der Waals surface area contributed by atoms with Gasteiger partial charge in [-0.25, -0.2) is 4.98 Å². The van der Waals surface area contributed by atoms with Crippen LogP contribution in [0.3, 0.4) is 0 Å². The van der Waals surface area contributed by atoms with Gasteiger partial charge in [-0.2, -0.15) is 4.98 Å². The Balaban J connectivity index is 1.19. The van der Waals surface area contributed by atoms with Gasteiger partial charge in [-0.15, -0.1) is 11.3 Å². The fourth-order valence-corrected chi connectivity index (χ4v) is 11.4. The molecule has 272 valence electrons. The predicted molar refractivity (Wildman–Crippen MR) is 250 cm³/mol. The first-order chi connectivity index (χ1) is 29.3. The van der Waals surface area contributed by atoms with Crippen molar-refractivity contribution in [3.63, 3.8) is 0 Å². The summed E-state index contributed by atoms with van der Waals surface area (Å²) in [6.07, 6.45) is 0. The van der Waals surface area contributed by atoms with Crippen molar-refractivity contribution < 1.29 is 4.42 Å². The monoisotopic (exact) mass is 767 g/mol. The zero-order valence-corrected chi connectivity index (χ0v) is 32.2. The van der Waals surface area contributed by atoms with Crippen molar-refractivity contribution in [1.82, 2.24) is 14.5 Å². The minimum absolute atomic E-state index is 0.521. The van der Waals surface area contributed by atoms with Gasteiger partial charge < -0.3 is 4.42 Å². The number of hydrogen-bond donors (Lipinski definition) is 0. The lowest BCUT2D eigenvalue weighted by Crippen LogP contribution is -2.03. The van der Waals surface area contributed by atoms with Gasteiger partial charge in [0.1, 0.15) is 16.8 Å². The quantitative estimate of drug-likeness (QED) is 0.165. The molecule has 0 N–H and O–H groups in total. The Labute approximate surface area is 339 Å². The number of furan rings is 1. The topological polar surface area (TPSA) is 43.9 Å². The Morgan fingerprint density at radius 1 is 0.441 bits per heavy atom. The van der Waals surface area contributed by atoms with Crippen LogP contribution >= 0.6 is 11.3 Å². The number of fused-ring (bicyclic) bond motifs is 21. The minimum Gasteiger partial charge on any atom is -0.436 e. The highest BCUT2D eigenvalue weighted by molar-refractivity contribution is 7.27. The van der Waals surface area contributed by atoms with Crippen molar-refractivity contribution in [1.29, 1.82) is 0 Å². The summed E-state index contributed by atoms with van der Waals surface area (Å²) in [7, 11) is 0.